The van der Waals surface area contributed by atoms with E-state index in [1.54, 1.807) is 36.0 Å². The van der Waals surface area contributed by atoms with Gasteiger partial charge in [0.25, 0.3) is 0 Å². The highest BCUT2D eigenvalue weighted by Crippen LogP contribution is 2.36. The highest BCUT2D eigenvalue weighted by molar-refractivity contribution is 7.98. The number of nitrogens with one attached hydrogen (secondary N) is 1. The van der Waals surface area contributed by atoms with Crippen LogP contribution in [0.4, 0.5) is 0 Å². The summed E-state index contributed by atoms with van der Waals surface area (Å²) in [6.45, 7) is 1.98. The summed E-state index contributed by atoms with van der Waals surface area (Å²) in [5, 5.41) is 13.3. The highest BCUT2D eigenvalue weighted by atomic mass is 35.5. The lowest BCUT2D eigenvalue weighted by Gasteiger charge is -2.14. The van der Waals surface area contributed by atoms with E-state index in [1.807, 2.05) is 30.3 Å². The Hall–Kier alpha value is -2.29. The van der Waals surface area contributed by atoms with Crippen molar-refractivity contribution in [3.05, 3.63) is 99.1 Å². The maximum atomic E-state index is 12.7. The molecule has 1 N–H and O–H groups in total. The molecule has 0 saturated heterocycles. The van der Waals surface area contributed by atoms with E-state index in [0.717, 1.165) is 42.3 Å². The summed E-state index contributed by atoms with van der Waals surface area (Å²) in [5.74, 6) is 0.720. The molecular formula is C25H22Cl2N2OS. The van der Waals surface area contributed by atoms with Gasteiger partial charge in [-0.05, 0) is 60.8 Å². The van der Waals surface area contributed by atoms with Crippen molar-refractivity contribution in [1.29, 1.82) is 5.26 Å². The average Bonchev–Trinajstić information content (AvgIpc) is 3.04. The Balaban J connectivity index is 0.00000272. The van der Waals surface area contributed by atoms with E-state index in [9.17, 15) is 4.79 Å². The van der Waals surface area contributed by atoms with Crippen LogP contribution in [0.25, 0.3) is 0 Å². The molecule has 0 fully saturated rings. The largest absolute Gasteiger partial charge is 0.316 e. The van der Waals surface area contributed by atoms with Crippen LogP contribution in [0.2, 0.25) is 5.02 Å². The maximum absolute atomic E-state index is 12.7. The number of nitrogens with zero attached hydrogens (tertiary/aromatic N) is 1. The molecule has 0 spiro atoms. The molecule has 0 radical (unpaired) electrons. The molecule has 1 heterocycles. The number of nitriles is 1. The van der Waals surface area contributed by atoms with E-state index in [0.29, 0.717) is 16.7 Å². The summed E-state index contributed by atoms with van der Waals surface area (Å²) in [6.07, 6.45) is 2.03. The summed E-state index contributed by atoms with van der Waals surface area (Å²) < 4.78 is 0. The Kier molecular flexibility index (Phi) is 8.17. The summed E-state index contributed by atoms with van der Waals surface area (Å²) in [6, 6.07) is 20.7. The van der Waals surface area contributed by atoms with Crippen LogP contribution in [-0.2, 0) is 18.6 Å². The average molecular weight is 469 g/mol. The van der Waals surface area contributed by atoms with Gasteiger partial charge in [0.2, 0.25) is 0 Å². The molecule has 3 aromatic carbocycles. The van der Waals surface area contributed by atoms with Crippen molar-refractivity contribution < 1.29 is 4.79 Å². The van der Waals surface area contributed by atoms with E-state index in [4.69, 9.17) is 16.9 Å². The Morgan fingerprint density at radius 2 is 1.81 bits per heavy atom. The Bertz CT molecular complexity index is 1120. The molecular weight excluding hydrogens is 447 g/mol. The quantitative estimate of drug-likeness (QED) is 0.377. The van der Waals surface area contributed by atoms with Gasteiger partial charge in [-0.25, -0.2) is 0 Å². The molecule has 0 unspecified atom stereocenters. The number of hydrogen-bond donors (Lipinski definition) is 1. The van der Waals surface area contributed by atoms with Crippen molar-refractivity contribution in [2.24, 2.45) is 0 Å². The van der Waals surface area contributed by atoms with Crippen molar-refractivity contribution >= 4 is 41.6 Å². The van der Waals surface area contributed by atoms with Crippen molar-refractivity contribution in [3.63, 3.8) is 0 Å². The third-order valence-corrected chi connectivity index (χ3v) is 6.95. The number of rotatable bonds is 5. The topological polar surface area (TPSA) is 52.9 Å². The highest BCUT2D eigenvalue weighted by Gasteiger charge is 2.15. The maximum Gasteiger partial charge on any atom is 0.193 e. The van der Waals surface area contributed by atoms with E-state index >= 15 is 0 Å². The van der Waals surface area contributed by atoms with Crippen LogP contribution in [0.1, 0.15) is 38.2 Å². The Morgan fingerprint density at radius 3 is 2.58 bits per heavy atom. The SMILES string of the molecule is Cl.N#Cc1cccc(C(=O)c2ccc(CSc3c(Cl)ccc4c3CCNCC4)cc2)c1. The number of halogens is 2. The lowest BCUT2D eigenvalue weighted by Crippen LogP contribution is -2.16. The minimum atomic E-state index is -0.0739. The second kappa shape index (κ2) is 10.8. The lowest BCUT2D eigenvalue weighted by atomic mass is 10.0. The third kappa shape index (κ3) is 5.50. The standard InChI is InChI=1S/C25H21ClN2OS.ClH/c26-23-9-8-19-10-12-28-13-11-22(19)25(23)30-16-17-4-6-20(7-5-17)24(29)21-3-1-2-18(14-21)15-27;/h1-9,14,28H,10-13,16H2;1H. The van der Waals surface area contributed by atoms with Crippen LogP contribution in [0.15, 0.2) is 65.6 Å². The molecule has 31 heavy (non-hydrogen) atoms. The summed E-state index contributed by atoms with van der Waals surface area (Å²) in [7, 11) is 0. The zero-order valence-electron chi connectivity index (χ0n) is 16.9. The number of benzene rings is 3. The van der Waals surface area contributed by atoms with E-state index in [1.165, 1.54) is 16.0 Å². The van der Waals surface area contributed by atoms with Gasteiger partial charge in [0.15, 0.2) is 5.78 Å². The van der Waals surface area contributed by atoms with Gasteiger partial charge < -0.3 is 5.32 Å². The molecule has 3 aromatic rings. The van der Waals surface area contributed by atoms with E-state index in [2.05, 4.69) is 17.5 Å². The number of carbonyl (C=O) groups excluding carboxylic acids is 1. The minimum Gasteiger partial charge on any atom is -0.316 e. The normalized spacial score (nSPS) is 12.8. The fourth-order valence-corrected chi connectivity index (χ4v) is 5.13. The first kappa shape index (κ1) is 23.4. The van der Waals surface area contributed by atoms with Crippen molar-refractivity contribution in [2.75, 3.05) is 13.1 Å². The Labute approximate surface area is 198 Å². The lowest BCUT2D eigenvalue weighted by molar-refractivity contribution is 0.103. The molecule has 3 nitrogen and oxygen atoms in total. The second-order valence-corrected chi connectivity index (χ2v) is 8.66. The molecule has 4 rings (SSSR count). The third-order valence-electron chi connectivity index (χ3n) is 5.29. The van der Waals surface area contributed by atoms with Gasteiger partial charge in [-0.15, -0.1) is 24.2 Å². The smallest absolute Gasteiger partial charge is 0.193 e. The molecule has 0 atom stereocenters. The molecule has 158 valence electrons. The first-order chi connectivity index (χ1) is 14.7. The fraction of sp³-hybridized carbons (Fsp3) is 0.200. The first-order valence-corrected chi connectivity index (χ1v) is 11.3. The molecule has 0 aliphatic carbocycles. The predicted octanol–water partition coefficient (Wildman–Crippen LogP) is 5.84. The van der Waals surface area contributed by atoms with Gasteiger partial charge in [-0.3, -0.25) is 4.79 Å². The van der Waals surface area contributed by atoms with Crippen LogP contribution in [0.3, 0.4) is 0 Å². The molecule has 0 saturated carbocycles. The van der Waals surface area contributed by atoms with Crippen LogP contribution in [0, 0.1) is 11.3 Å². The van der Waals surface area contributed by atoms with Crippen molar-refractivity contribution in [1.82, 2.24) is 5.32 Å². The zero-order valence-corrected chi connectivity index (χ0v) is 19.2. The van der Waals surface area contributed by atoms with Crippen LogP contribution in [0.5, 0.6) is 0 Å². The number of thioether (sulfide) groups is 1. The number of hydrogen-bond acceptors (Lipinski definition) is 4. The number of fused-ring (bicyclic) bond motifs is 1. The molecule has 6 heteroatoms. The predicted molar refractivity (Wildman–Crippen MR) is 130 cm³/mol. The van der Waals surface area contributed by atoms with Gasteiger partial charge in [-0.2, -0.15) is 5.26 Å². The van der Waals surface area contributed by atoms with Crippen molar-refractivity contribution in [3.8, 4) is 6.07 Å². The van der Waals surface area contributed by atoms with Crippen LogP contribution < -0.4 is 5.32 Å². The van der Waals surface area contributed by atoms with Crippen molar-refractivity contribution in [2.45, 2.75) is 23.5 Å². The zero-order chi connectivity index (χ0) is 20.9. The van der Waals surface area contributed by atoms with E-state index in [-0.39, 0.29) is 18.2 Å². The molecule has 0 amide bonds. The Morgan fingerprint density at radius 1 is 1.03 bits per heavy atom. The summed E-state index contributed by atoms with van der Waals surface area (Å²) in [5.41, 5.74) is 5.53. The molecule has 1 aliphatic rings. The number of carbonyl (C=O) groups is 1. The monoisotopic (exact) mass is 468 g/mol. The summed E-state index contributed by atoms with van der Waals surface area (Å²) in [4.78, 5) is 13.9. The molecule has 1 aliphatic heterocycles. The van der Waals surface area contributed by atoms with Gasteiger partial charge in [0, 0.05) is 21.8 Å². The second-order valence-electron chi connectivity index (χ2n) is 7.27. The molecule has 0 aromatic heterocycles. The number of ketones is 1. The van der Waals surface area contributed by atoms with Crippen LogP contribution >= 0.6 is 35.8 Å². The minimum absolute atomic E-state index is 0. The van der Waals surface area contributed by atoms with Gasteiger partial charge in [0.05, 0.1) is 16.7 Å². The fourth-order valence-electron chi connectivity index (χ4n) is 3.67. The molecule has 0 bridgehead atoms. The van der Waals surface area contributed by atoms with Gasteiger partial charge in [0.1, 0.15) is 0 Å². The van der Waals surface area contributed by atoms with Gasteiger partial charge in [-0.1, -0.05) is 54.1 Å². The van der Waals surface area contributed by atoms with Crippen LogP contribution in [-0.4, -0.2) is 18.9 Å². The van der Waals surface area contributed by atoms with Gasteiger partial charge >= 0.3 is 0 Å². The first-order valence-electron chi connectivity index (χ1n) is 9.93. The summed E-state index contributed by atoms with van der Waals surface area (Å²) >= 11 is 8.29. The van der Waals surface area contributed by atoms with E-state index < -0.39 is 0 Å².